The van der Waals surface area contributed by atoms with E-state index in [9.17, 15) is 18.0 Å². The van der Waals surface area contributed by atoms with Crippen molar-refractivity contribution in [2.45, 2.75) is 35.3 Å². The highest BCUT2D eigenvalue weighted by atomic mass is 32.2. The Hall–Kier alpha value is -3.15. The molecule has 1 aliphatic rings. The Morgan fingerprint density at radius 1 is 1.00 bits per heavy atom. The standard InChI is InChI=1S/C24H31N3O7S/c1-33-20-8-4-18(5-9-20)22(28)26-15-3-2-14-25-19-6-10-21(11-7-19)35(31,32)24(23(29)27-30)12-16-34-17-13-24/h4-11,25,30H,2-3,12-17H2,1H3,(H,26,28)(H,27,29). The molecule has 1 aliphatic heterocycles. The van der Waals surface area contributed by atoms with Crippen molar-refractivity contribution in [1.29, 1.82) is 0 Å². The number of anilines is 1. The van der Waals surface area contributed by atoms with Gasteiger partial charge in [-0.1, -0.05) is 0 Å². The first-order valence-corrected chi connectivity index (χ1v) is 12.9. The number of carbonyl (C=O) groups excluding carboxylic acids is 2. The van der Waals surface area contributed by atoms with Gasteiger partial charge in [-0.05, 0) is 74.2 Å². The van der Waals surface area contributed by atoms with Crippen molar-refractivity contribution in [3.8, 4) is 5.75 Å². The van der Waals surface area contributed by atoms with Crippen LogP contribution in [0.25, 0.3) is 0 Å². The Balaban J connectivity index is 1.47. The molecule has 4 N–H and O–H groups in total. The van der Waals surface area contributed by atoms with Crippen LogP contribution in [0, 0.1) is 0 Å². The summed E-state index contributed by atoms with van der Waals surface area (Å²) in [6.07, 6.45) is 1.50. The Kier molecular flexibility index (Phi) is 9.07. The van der Waals surface area contributed by atoms with Crippen LogP contribution in [0.2, 0.25) is 0 Å². The Bertz CT molecular complexity index is 1100. The molecular weight excluding hydrogens is 474 g/mol. The average molecular weight is 506 g/mol. The highest BCUT2D eigenvalue weighted by Crippen LogP contribution is 2.35. The van der Waals surface area contributed by atoms with Gasteiger partial charge in [-0.2, -0.15) is 0 Å². The van der Waals surface area contributed by atoms with Gasteiger partial charge in [0.25, 0.3) is 11.8 Å². The second kappa shape index (κ2) is 12.0. The first-order chi connectivity index (χ1) is 16.8. The van der Waals surface area contributed by atoms with Crippen LogP contribution in [0.5, 0.6) is 5.75 Å². The lowest BCUT2D eigenvalue weighted by Gasteiger charge is -2.34. The number of nitrogens with one attached hydrogen (secondary N) is 3. The highest BCUT2D eigenvalue weighted by Gasteiger charge is 2.52. The molecule has 0 aliphatic carbocycles. The van der Waals surface area contributed by atoms with Gasteiger partial charge < -0.3 is 20.1 Å². The minimum Gasteiger partial charge on any atom is -0.497 e. The van der Waals surface area contributed by atoms with E-state index in [1.54, 1.807) is 43.5 Å². The van der Waals surface area contributed by atoms with Crippen molar-refractivity contribution in [3.05, 3.63) is 54.1 Å². The minimum atomic E-state index is -4.05. The van der Waals surface area contributed by atoms with Gasteiger partial charge in [0.1, 0.15) is 5.75 Å². The second-order valence-corrected chi connectivity index (χ2v) is 10.5. The summed E-state index contributed by atoms with van der Waals surface area (Å²) in [4.78, 5) is 24.5. The second-order valence-electron chi connectivity index (χ2n) is 8.19. The van der Waals surface area contributed by atoms with Crippen molar-refractivity contribution in [2.75, 3.05) is 38.7 Å². The minimum absolute atomic E-state index is 0.00907. The molecule has 0 unspecified atom stereocenters. The highest BCUT2D eigenvalue weighted by molar-refractivity contribution is 7.93. The molecule has 2 amide bonds. The summed E-state index contributed by atoms with van der Waals surface area (Å²) in [6.45, 7) is 1.40. The number of methoxy groups -OCH3 is 1. The van der Waals surface area contributed by atoms with Gasteiger partial charge in [0.15, 0.2) is 14.6 Å². The van der Waals surface area contributed by atoms with E-state index >= 15 is 0 Å². The topological polar surface area (TPSA) is 143 Å². The van der Waals surface area contributed by atoms with Gasteiger partial charge in [0.05, 0.1) is 12.0 Å². The summed E-state index contributed by atoms with van der Waals surface area (Å²) in [5.41, 5.74) is 2.81. The van der Waals surface area contributed by atoms with Crippen molar-refractivity contribution < 1.29 is 32.7 Å². The quantitative estimate of drug-likeness (QED) is 0.207. The Morgan fingerprint density at radius 2 is 1.63 bits per heavy atom. The maximum Gasteiger partial charge on any atom is 0.265 e. The van der Waals surface area contributed by atoms with Gasteiger partial charge in [-0.3, -0.25) is 14.8 Å². The molecule has 2 aromatic carbocycles. The van der Waals surface area contributed by atoms with Crippen LogP contribution in [0.3, 0.4) is 0 Å². The molecule has 2 aromatic rings. The van der Waals surface area contributed by atoms with Crippen LogP contribution in [0.1, 0.15) is 36.0 Å². The van der Waals surface area contributed by atoms with E-state index in [1.165, 1.54) is 17.6 Å². The monoisotopic (exact) mass is 505 g/mol. The molecule has 35 heavy (non-hydrogen) atoms. The third kappa shape index (κ3) is 6.11. The maximum absolute atomic E-state index is 13.3. The van der Waals surface area contributed by atoms with E-state index in [1.807, 2.05) is 0 Å². The summed E-state index contributed by atoms with van der Waals surface area (Å²) in [5.74, 6) is -0.395. The Morgan fingerprint density at radius 3 is 2.23 bits per heavy atom. The lowest BCUT2D eigenvalue weighted by Crippen LogP contribution is -2.54. The first kappa shape index (κ1) is 26.5. The molecule has 190 valence electrons. The molecule has 1 saturated heterocycles. The van der Waals surface area contributed by atoms with E-state index in [-0.39, 0.29) is 36.9 Å². The lowest BCUT2D eigenvalue weighted by molar-refractivity contribution is -0.134. The Labute approximate surface area is 204 Å². The number of ether oxygens (including phenoxy) is 2. The molecule has 11 heteroatoms. The zero-order valence-corrected chi connectivity index (χ0v) is 20.4. The summed E-state index contributed by atoms with van der Waals surface area (Å²) in [7, 11) is -2.48. The van der Waals surface area contributed by atoms with Crippen LogP contribution in [0.15, 0.2) is 53.4 Å². The van der Waals surface area contributed by atoms with Gasteiger partial charge in [0.2, 0.25) is 0 Å². The number of unbranched alkanes of at least 4 members (excludes halogenated alkanes) is 1. The van der Waals surface area contributed by atoms with E-state index < -0.39 is 20.5 Å². The van der Waals surface area contributed by atoms with Crippen LogP contribution in [-0.2, 0) is 19.4 Å². The molecule has 0 bridgehead atoms. The van der Waals surface area contributed by atoms with Crippen LogP contribution < -0.4 is 20.9 Å². The van der Waals surface area contributed by atoms with E-state index in [0.717, 1.165) is 18.5 Å². The number of amides is 2. The molecule has 1 fully saturated rings. The predicted octanol–water partition coefficient (Wildman–Crippen LogP) is 2.15. The zero-order valence-electron chi connectivity index (χ0n) is 19.6. The number of rotatable bonds is 11. The third-order valence-electron chi connectivity index (χ3n) is 6.07. The number of benzene rings is 2. The SMILES string of the molecule is COc1ccc(C(=O)NCCCCNc2ccc(S(=O)(=O)C3(C(=O)NO)CCOCC3)cc2)cc1. The number of carbonyl (C=O) groups is 2. The smallest absolute Gasteiger partial charge is 0.265 e. The van der Waals surface area contributed by atoms with Crippen LogP contribution in [0.4, 0.5) is 5.69 Å². The molecule has 10 nitrogen and oxygen atoms in total. The predicted molar refractivity (Wildman–Crippen MR) is 129 cm³/mol. The van der Waals surface area contributed by atoms with E-state index in [2.05, 4.69) is 10.6 Å². The zero-order chi connectivity index (χ0) is 25.3. The lowest BCUT2D eigenvalue weighted by atomic mass is 9.98. The molecule has 3 rings (SSSR count). The number of sulfone groups is 1. The maximum atomic E-state index is 13.3. The first-order valence-electron chi connectivity index (χ1n) is 11.4. The van der Waals surface area contributed by atoms with Crippen molar-refractivity contribution in [3.63, 3.8) is 0 Å². The summed E-state index contributed by atoms with van der Waals surface area (Å²) < 4.78 is 35.1. The summed E-state index contributed by atoms with van der Waals surface area (Å²) >= 11 is 0. The fraction of sp³-hybridized carbons (Fsp3) is 0.417. The van der Waals surface area contributed by atoms with Gasteiger partial charge in [0, 0.05) is 37.6 Å². The molecule has 0 atom stereocenters. The van der Waals surface area contributed by atoms with Gasteiger partial charge in [-0.15, -0.1) is 0 Å². The molecule has 0 radical (unpaired) electrons. The average Bonchev–Trinajstić information content (AvgIpc) is 2.90. The van der Waals surface area contributed by atoms with Crippen molar-refractivity contribution in [2.24, 2.45) is 0 Å². The van der Waals surface area contributed by atoms with Gasteiger partial charge in [-0.25, -0.2) is 13.9 Å². The molecule has 0 saturated carbocycles. The number of hydrogen-bond acceptors (Lipinski definition) is 8. The number of hydrogen-bond donors (Lipinski definition) is 4. The normalized spacial score (nSPS) is 15.1. The third-order valence-corrected chi connectivity index (χ3v) is 8.58. The number of hydroxylamine groups is 1. The molecule has 0 aromatic heterocycles. The summed E-state index contributed by atoms with van der Waals surface area (Å²) in [6, 6.07) is 13.1. The fourth-order valence-electron chi connectivity index (χ4n) is 3.93. The van der Waals surface area contributed by atoms with Crippen LogP contribution >= 0.6 is 0 Å². The fourth-order valence-corrected chi connectivity index (χ4v) is 5.87. The molecular formula is C24H31N3O7S. The largest absolute Gasteiger partial charge is 0.497 e. The van der Waals surface area contributed by atoms with Gasteiger partial charge >= 0.3 is 0 Å². The molecule has 0 spiro atoms. The molecule has 1 heterocycles. The van der Waals surface area contributed by atoms with Crippen molar-refractivity contribution >= 4 is 27.3 Å². The van der Waals surface area contributed by atoms with E-state index in [4.69, 9.17) is 14.7 Å². The van der Waals surface area contributed by atoms with E-state index in [0.29, 0.717) is 24.4 Å². The van der Waals surface area contributed by atoms with Crippen molar-refractivity contribution in [1.82, 2.24) is 10.8 Å². The summed E-state index contributed by atoms with van der Waals surface area (Å²) in [5, 5.41) is 15.2. The van der Waals surface area contributed by atoms with Crippen LogP contribution in [-0.4, -0.2) is 63.6 Å².